The number of imidazole rings is 1. The fraction of sp³-hybridized carbons (Fsp3) is 0.111. The molecule has 0 aliphatic carbocycles. The summed E-state index contributed by atoms with van der Waals surface area (Å²) in [6, 6.07) is 13.0. The highest BCUT2D eigenvalue weighted by Crippen LogP contribution is 2.36. The molecule has 0 spiro atoms. The molecule has 0 saturated heterocycles. The molecule has 0 saturated carbocycles. The fourth-order valence-electron chi connectivity index (χ4n) is 2.82. The largest absolute Gasteiger partial charge is 0.493 e. The van der Waals surface area contributed by atoms with Gasteiger partial charge in [0.1, 0.15) is 5.69 Å². The van der Waals surface area contributed by atoms with Gasteiger partial charge < -0.3 is 14.6 Å². The van der Waals surface area contributed by atoms with Crippen LogP contribution in [0.5, 0.6) is 17.4 Å². The second-order valence-corrected chi connectivity index (χ2v) is 5.29. The Balaban J connectivity index is 1.98. The lowest BCUT2D eigenvalue weighted by molar-refractivity contribution is 0.355. The molecule has 4 rings (SSSR count). The average Bonchev–Trinajstić information content (AvgIpc) is 2.98. The smallest absolute Gasteiger partial charge is 0.224 e. The monoisotopic (exact) mass is 321 g/mol. The predicted molar refractivity (Wildman–Crippen MR) is 90.7 cm³/mol. The summed E-state index contributed by atoms with van der Waals surface area (Å²) in [5.74, 6) is 1.27. The van der Waals surface area contributed by atoms with Crippen LogP contribution in [-0.4, -0.2) is 33.7 Å². The fourth-order valence-corrected chi connectivity index (χ4v) is 2.82. The highest BCUT2D eigenvalue weighted by atomic mass is 16.5. The maximum atomic E-state index is 10.7. The lowest BCUT2D eigenvalue weighted by Gasteiger charge is -2.08. The van der Waals surface area contributed by atoms with Crippen LogP contribution in [0.4, 0.5) is 0 Å². The molecule has 2 aromatic heterocycles. The van der Waals surface area contributed by atoms with Gasteiger partial charge in [-0.05, 0) is 30.3 Å². The number of fused-ring (bicyclic) bond motifs is 3. The average molecular weight is 321 g/mol. The van der Waals surface area contributed by atoms with E-state index in [1.54, 1.807) is 36.9 Å². The highest BCUT2D eigenvalue weighted by molar-refractivity contribution is 5.81. The van der Waals surface area contributed by atoms with Crippen molar-refractivity contribution in [3.63, 3.8) is 0 Å². The van der Waals surface area contributed by atoms with Gasteiger partial charge in [0.15, 0.2) is 17.1 Å². The van der Waals surface area contributed by atoms with Gasteiger partial charge in [-0.1, -0.05) is 12.1 Å². The normalized spacial score (nSPS) is 11.1. The molecule has 0 atom stereocenters. The zero-order valence-corrected chi connectivity index (χ0v) is 13.2. The van der Waals surface area contributed by atoms with Gasteiger partial charge >= 0.3 is 0 Å². The van der Waals surface area contributed by atoms with Crippen molar-refractivity contribution in [2.75, 3.05) is 14.2 Å². The van der Waals surface area contributed by atoms with Gasteiger partial charge in [-0.3, -0.25) is 9.38 Å². The Kier molecular flexibility index (Phi) is 3.23. The third-order valence-corrected chi connectivity index (χ3v) is 3.98. The lowest BCUT2D eigenvalue weighted by atomic mass is 10.1. The van der Waals surface area contributed by atoms with Crippen LogP contribution in [0.25, 0.3) is 27.9 Å². The molecule has 0 unspecified atom stereocenters. The molecule has 120 valence electrons. The molecule has 2 aromatic carbocycles. The van der Waals surface area contributed by atoms with E-state index < -0.39 is 0 Å². The van der Waals surface area contributed by atoms with E-state index in [4.69, 9.17) is 9.47 Å². The molecule has 2 heterocycles. The number of hydrogen-bond donors (Lipinski definition) is 1. The van der Waals surface area contributed by atoms with Crippen molar-refractivity contribution in [3.8, 4) is 28.6 Å². The van der Waals surface area contributed by atoms with Crippen LogP contribution in [0.3, 0.4) is 0 Å². The molecule has 6 nitrogen and oxygen atoms in total. The summed E-state index contributed by atoms with van der Waals surface area (Å²) in [5.41, 5.74) is 3.37. The number of para-hydroxylation sites is 2. The molecule has 1 N–H and O–H groups in total. The van der Waals surface area contributed by atoms with Crippen molar-refractivity contribution < 1.29 is 14.6 Å². The third-order valence-electron chi connectivity index (χ3n) is 3.98. The van der Waals surface area contributed by atoms with Crippen LogP contribution in [0.2, 0.25) is 0 Å². The van der Waals surface area contributed by atoms with E-state index in [0.717, 1.165) is 16.6 Å². The zero-order valence-electron chi connectivity index (χ0n) is 13.2. The van der Waals surface area contributed by atoms with Crippen molar-refractivity contribution in [1.29, 1.82) is 0 Å². The first-order valence-electron chi connectivity index (χ1n) is 7.40. The third kappa shape index (κ3) is 2.04. The molecule has 0 radical (unpaired) electrons. The van der Waals surface area contributed by atoms with Crippen molar-refractivity contribution in [2.45, 2.75) is 0 Å². The Morgan fingerprint density at radius 3 is 2.58 bits per heavy atom. The van der Waals surface area contributed by atoms with Gasteiger partial charge in [-0.25, -0.2) is 4.98 Å². The van der Waals surface area contributed by atoms with Crippen LogP contribution >= 0.6 is 0 Å². The molecule has 6 heteroatoms. The maximum Gasteiger partial charge on any atom is 0.224 e. The van der Waals surface area contributed by atoms with Gasteiger partial charge in [0.25, 0.3) is 0 Å². The quantitative estimate of drug-likeness (QED) is 0.627. The molecule has 0 amide bonds. The van der Waals surface area contributed by atoms with Gasteiger partial charge in [0.05, 0.1) is 31.4 Å². The number of methoxy groups -OCH3 is 2. The van der Waals surface area contributed by atoms with Crippen LogP contribution in [-0.2, 0) is 0 Å². The second kappa shape index (κ2) is 5.42. The molecule has 0 aliphatic rings. The molecular formula is C18H15N3O3. The van der Waals surface area contributed by atoms with Crippen molar-refractivity contribution in [3.05, 3.63) is 48.7 Å². The van der Waals surface area contributed by atoms with Crippen molar-refractivity contribution >= 4 is 16.7 Å². The molecule has 0 bridgehead atoms. The topological polar surface area (TPSA) is 68.9 Å². The number of rotatable bonds is 3. The predicted octanol–water partition coefficient (Wildman–Crippen LogP) is 3.27. The summed E-state index contributed by atoms with van der Waals surface area (Å²) >= 11 is 0. The Bertz CT molecular complexity index is 1060. The number of hydrogen-bond acceptors (Lipinski definition) is 5. The number of aromatic hydroxyl groups is 1. The Morgan fingerprint density at radius 1 is 1.00 bits per heavy atom. The molecule has 0 fully saturated rings. The minimum absolute atomic E-state index is 0.0656. The van der Waals surface area contributed by atoms with Crippen molar-refractivity contribution in [2.24, 2.45) is 0 Å². The van der Waals surface area contributed by atoms with E-state index in [-0.39, 0.29) is 5.88 Å². The Morgan fingerprint density at radius 2 is 1.79 bits per heavy atom. The van der Waals surface area contributed by atoms with Gasteiger partial charge in [0.2, 0.25) is 5.88 Å². The molecule has 0 aliphatic heterocycles. The summed E-state index contributed by atoms with van der Waals surface area (Å²) < 4.78 is 12.3. The summed E-state index contributed by atoms with van der Waals surface area (Å²) in [7, 11) is 3.15. The minimum Gasteiger partial charge on any atom is -0.493 e. The number of nitrogens with zero attached hydrogens (tertiary/aromatic N) is 3. The summed E-state index contributed by atoms with van der Waals surface area (Å²) in [5, 5.41) is 10.7. The molecule has 24 heavy (non-hydrogen) atoms. The van der Waals surface area contributed by atoms with E-state index in [9.17, 15) is 5.11 Å². The van der Waals surface area contributed by atoms with E-state index in [1.807, 2.05) is 30.3 Å². The van der Waals surface area contributed by atoms with E-state index >= 15 is 0 Å². The van der Waals surface area contributed by atoms with Gasteiger partial charge in [-0.15, -0.1) is 0 Å². The second-order valence-electron chi connectivity index (χ2n) is 5.29. The number of ether oxygens (including phenoxy) is 2. The molecule has 4 aromatic rings. The van der Waals surface area contributed by atoms with E-state index in [2.05, 4.69) is 9.97 Å². The zero-order chi connectivity index (χ0) is 16.7. The first-order chi connectivity index (χ1) is 11.7. The number of aromatic nitrogens is 3. The lowest BCUT2D eigenvalue weighted by Crippen LogP contribution is -1.91. The first-order valence-corrected chi connectivity index (χ1v) is 7.40. The SMILES string of the molecule is COc1ccc(-c2nc3cnc4ccccc4n3c2O)cc1OC. The van der Waals surface area contributed by atoms with Crippen LogP contribution in [0.1, 0.15) is 0 Å². The van der Waals surface area contributed by atoms with Crippen LogP contribution in [0.15, 0.2) is 48.7 Å². The van der Waals surface area contributed by atoms with Crippen LogP contribution < -0.4 is 9.47 Å². The summed E-state index contributed by atoms with van der Waals surface area (Å²) in [4.78, 5) is 8.90. The summed E-state index contributed by atoms with van der Waals surface area (Å²) in [6.07, 6.45) is 1.65. The highest BCUT2D eigenvalue weighted by Gasteiger charge is 2.17. The standard InChI is InChI=1S/C18H15N3O3/c1-23-14-8-7-11(9-15(14)24-2)17-18(22)21-13-6-4-3-5-12(13)19-10-16(21)20-17/h3-10,22H,1-2H3. The Labute approximate surface area is 137 Å². The Hall–Kier alpha value is -3.28. The van der Waals surface area contributed by atoms with E-state index in [1.165, 1.54) is 0 Å². The van der Waals surface area contributed by atoms with E-state index in [0.29, 0.717) is 22.8 Å². The summed E-state index contributed by atoms with van der Waals surface area (Å²) in [6.45, 7) is 0. The minimum atomic E-state index is 0.0656. The number of benzene rings is 2. The van der Waals surface area contributed by atoms with Gasteiger partial charge in [-0.2, -0.15) is 0 Å². The van der Waals surface area contributed by atoms with Gasteiger partial charge in [0, 0.05) is 5.56 Å². The van der Waals surface area contributed by atoms with Crippen LogP contribution in [0, 0.1) is 0 Å². The first kappa shape index (κ1) is 14.3. The molecular weight excluding hydrogens is 306 g/mol. The van der Waals surface area contributed by atoms with Crippen molar-refractivity contribution in [1.82, 2.24) is 14.4 Å². The maximum absolute atomic E-state index is 10.7.